The zero-order valence-corrected chi connectivity index (χ0v) is 11.9. The van der Waals surface area contributed by atoms with Gasteiger partial charge in [-0.05, 0) is 37.5 Å². The predicted molar refractivity (Wildman–Crippen MR) is 72.1 cm³/mol. The maximum atomic E-state index is 12.6. The van der Waals surface area contributed by atoms with Crippen molar-refractivity contribution in [1.29, 1.82) is 0 Å². The van der Waals surface area contributed by atoms with E-state index in [2.05, 4.69) is 5.32 Å². The predicted octanol–water partition coefficient (Wildman–Crippen LogP) is 4.32. The van der Waals surface area contributed by atoms with Gasteiger partial charge in [-0.15, -0.1) is 0 Å². The molecule has 1 unspecified atom stereocenters. The fraction of sp³-hybridized carbons (Fsp3) is 0.533. The molecule has 1 amide bonds. The van der Waals surface area contributed by atoms with Crippen LogP contribution in [0.15, 0.2) is 24.3 Å². The lowest BCUT2D eigenvalue weighted by Gasteiger charge is -2.19. The van der Waals surface area contributed by atoms with Gasteiger partial charge >= 0.3 is 6.18 Å². The van der Waals surface area contributed by atoms with Gasteiger partial charge in [0.05, 0.1) is 11.6 Å². The van der Waals surface area contributed by atoms with Crippen molar-refractivity contribution in [3.05, 3.63) is 35.4 Å². The van der Waals surface area contributed by atoms with Crippen molar-refractivity contribution in [3.63, 3.8) is 0 Å². The number of carbonyl (C=O) groups is 1. The highest BCUT2D eigenvalue weighted by Gasteiger charge is 2.30. The van der Waals surface area contributed by atoms with E-state index in [0.29, 0.717) is 5.56 Å². The molecule has 1 atom stereocenters. The van der Waals surface area contributed by atoms with Crippen LogP contribution in [0.1, 0.15) is 50.8 Å². The number of carbonyl (C=O) groups excluding carboxylic acids is 1. The van der Waals surface area contributed by atoms with Crippen molar-refractivity contribution in [2.75, 3.05) is 0 Å². The molecule has 2 nitrogen and oxygen atoms in total. The second-order valence-electron chi connectivity index (χ2n) is 4.87. The van der Waals surface area contributed by atoms with E-state index in [9.17, 15) is 18.0 Å². The Morgan fingerprint density at radius 2 is 1.85 bits per heavy atom. The van der Waals surface area contributed by atoms with E-state index >= 15 is 0 Å². The molecule has 0 heterocycles. The Labute approximate surface area is 117 Å². The molecule has 112 valence electrons. The lowest BCUT2D eigenvalue weighted by Crippen LogP contribution is -2.32. The van der Waals surface area contributed by atoms with Crippen molar-refractivity contribution >= 4 is 5.91 Å². The first-order chi connectivity index (χ1) is 9.29. The fourth-order valence-corrected chi connectivity index (χ4v) is 2.06. The summed E-state index contributed by atoms with van der Waals surface area (Å²) in [5, 5.41) is 2.77. The Balaban J connectivity index is 2.83. The molecule has 0 saturated carbocycles. The van der Waals surface area contributed by atoms with E-state index in [-0.39, 0.29) is 11.8 Å². The second kappa shape index (κ2) is 6.77. The number of hydrogen-bond donors (Lipinski definition) is 1. The minimum absolute atomic E-state index is 0.0942. The van der Waals surface area contributed by atoms with E-state index < -0.39 is 17.8 Å². The molecule has 0 radical (unpaired) electrons. The molecule has 0 aliphatic rings. The molecule has 5 heteroatoms. The molecule has 20 heavy (non-hydrogen) atoms. The monoisotopic (exact) mass is 287 g/mol. The summed E-state index contributed by atoms with van der Waals surface area (Å²) in [6.07, 6.45) is -2.93. The number of hydrogen-bond acceptors (Lipinski definition) is 1. The molecular weight excluding hydrogens is 267 g/mol. The Kier molecular flexibility index (Phi) is 5.60. The van der Waals surface area contributed by atoms with Crippen LogP contribution in [-0.2, 0) is 11.0 Å². The number of rotatable bonds is 5. The van der Waals surface area contributed by atoms with Gasteiger partial charge in [-0.2, -0.15) is 13.2 Å². The van der Waals surface area contributed by atoms with Gasteiger partial charge in [0.1, 0.15) is 0 Å². The van der Waals surface area contributed by atoms with Gasteiger partial charge in [0.15, 0.2) is 0 Å². The van der Waals surface area contributed by atoms with E-state index in [1.54, 1.807) is 13.0 Å². The summed E-state index contributed by atoms with van der Waals surface area (Å²) < 4.78 is 37.9. The number of alkyl halides is 3. The standard InChI is InChI=1S/C15H20F3NO/c1-4-11(5-2)14(20)19-10(3)12-7-6-8-13(9-12)15(16,17)18/h6-11H,4-5H2,1-3H3,(H,19,20). The summed E-state index contributed by atoms with van der Waals surface area (Å²) in [6.45, 7) is 5.53. The highest BCUT2D eigenvalue weighted by Crippen LogP contribution is 2.30. The van der Waals surface area contributed by atoms with E-state index in [4.69, 9.17) is 0 Å². The summed E-state index contributed by atoms with van der Waals surface area (Å²) in [5.41, 5.74) is -0.238. The van der Waals surface area contributed by atoms with E-state index in [1.165, 1.54) is 6.07 Å². The lowest BCUT2D eigenvalue weighted by atomic mass is 10.0. The molecule has 0 fully saturated rings. The third-order valence-electron chi connectivity index (χ3n) is 3.43. The first-order valence-corrected chi connectivity index (χ1v) is 6.77. The average molecular weight is 287 g/mol. The zero-order valence-electron chi connectivity index (χ0n) is 11.9. The zero-order chi connectivity index (χ0) is 15.3. The number of halogens is 3. The molecule has 1 rings (SSSR count). The molecule has 1 N–H and O–H groups in total. The highest BCUT2D eigenvalue weighted by atomic mass is 19.4. The van der Waals surface area contributed by atoms with Crippen LogP contribution in [-0.4, -0.2) is 5.91 Å². The van der Waals surface area contributed by atoms with Gasteiger partial charge < -0.3 is 5.32 Å². The summed E-state index contributed by atoms with van der Waals surface area (Å²) in [5.74, 6) is -0.205. The maximum absolute atomic E-state index is 12.6. The molecule has 0 aromatic heterocycles. The van der Waals surface area contributed by atoms with Crippen molar-refractivity contribution in [2.45, 2.75) is 45.8 Å². The maximum Gasteiger partial charge on any atom is 0.416 e. The number of amides is 1. The Hall–Kier alpha value is -1.52. The third kappa shape index (κ3) is 4.25. The Bertz CT molecular complexity index is 453. The topological polar surface area (TPSA) is 29.1 Å². The van der Waals surface area contributed by atoms with Crippen LogP contribution >= 0.6 is 0 Å². The minimum atomic E-state index is -4.37. The van der Waals surface area contributed by atoms with Crippen LogP contribution < -0.4 is 5.32 Å². The first-order valence-electron chi connectivity index (χ1n) is 6.77. The van der Waals surface area contributed by atoms with Crippen molar-refractivity contribution < 1.29 is 18.0 Å². The van der Waals surface area contributed by atoms with Gasteiger partial charge in [0, 0.05) is 5.92 Å². The van der Waals surface area contributed by atoms with Crippen LogP contribution in [0.2, 0.25) is 0 Å². The van der Waals surface area contributed by atoms with Crippen LogP contribution in [0.4, 0.5) is 13.2 Å². The van der Waals surface area contributed by atoms with Crippen LogP contribution in [0.3, 0.4) is 0 Å². The van der Waals surface area contributed by atoms with Crippen molar-refractivity contribution in [1.82, 2.24) is 5.32 Å². The van der Waals surface area contributed by atoms with Gasteiger partial charge in [-0.3, -0.25) is 4.79 Å². The van der Waals surface area contributed by atoms with Crippen LogP contribution in [0.5, 0.6) is 0 Å². The highest BCUT2D eigenvalue weighted by molar-refractivity contribution is 5.78. The normalized spacial score (nSPS) is 13.3. The summed E-state index contributed by atoms with van der Waals surface area (Å²) in [4.78, 5) is 11.9. The molecule has 0 spiro atoms. The SMILES string of the molecule is CCC(CC)C(=O)NC(C)c1cccc(C(F)(F)F)c1. The quantitative estimate of drug-likeness (QED) is 0.858. The molecule has 0 saturated heterocycles. The molecular formula is C15H20F3NO. The number of nitrogens with one attached hydrogen (secondary N) is 1. The number of benzene rings is 1. The summed E-state index contributed by atoms with van der Waals surface area (Å²) in [7, 11) is 0. The lowest BCUT2D eigenvalue weighted by molar-refractivity contribution is -0.137. The van der Waals surface area contributed by atoms with Crippen LogP contribution in [0, 0.1) is 5.92 Å². The molecule has 0 aliphatic heterocycles. The van der Waals surface area contributed by atoms with Gasteiger partial charge in [-0.25, -0.2) is 0 Å². The summed E-state index contributed by atoms with van der Waals surface area (Å²) in [6, 6.07) is 4.62. The Morgan fingerprint density at radius 3 is 2.35 bits per heavy atom. The summed E-state index contributed by atoms with van der Waals surface area (Å²) >= 11 is 0. The van der Waals surface area contributed by atoms with Gasteiger partial charge in [-0.1, -0.05) is 26.0 Å². The molecule has 0 bridgehead atoms. The largest absolute Gasteiger partial charge is 0.416 e. The average Bonchev–Trinajstić information content (AvgIpc) is 2.39. The first kappa shape index (κ1) is 16.5. The van der Waals surface area contributed by atoms with Crippen LogP contribution in [0.25, 0.3) is 0 Å². The third-order valence-corrected chi connectivity index (χ3v) is 3.43. The van der Waals surface area contributed by atoms with Gasteiger partial charge in [0.25, 0.3) is 0 Å². The smallest absolute Gasteiger partial charge is 0.349 e. The van der Waals surface area contributed by atoms with E-state index in [1.807, 2.05) is 13.8 Å². The molecule has 1 aromatic carbocycles. The van der Waals surface area contributed by atoms with Crippen molar-refractivity contribution in [3.8, 4) is 0 Å². The second-order valence-corrected chi connectivity index (χ2v) is 4.87. The molecule has 0 aliphatic carbocycles. The van der Waals surface area contributed by atoms with Gasteiger partial charge in [0.2, 0.25) is 5.91 Å². The Morgan fingerprint density at radius 1 is 1.25 bits per heavy atom. The van der Waals surface area contributed by atoms with E-state index in [0.717, 1.165) is 25.0 Å². The van der Waals surface area contributed by atoms with Crippen molar-refractivity contribution in [2.24, 2.45) is 5.92 Å². The molecule has 1 aromatic rings. The fourth-order valence-electron chi connectivity index (χ4n) is 2.06. The minimum Gasteiger partial charge on any atom is -0.349 e.